The molecule has 1 aliphatic rings. The maximum atomic E-state index is 4.03. The van der Waals surface area contributed by atoms with Crippen LogP contribution in [0.4, 0.5) is 0 Å². The van der Waals surface area contributed by atoms with Gasteiger partial charge in [0, 0.05) is 24.5 Å². The molecular formula is C11H17N3. The van der Waals surface area contributed by atoms with E-state index in [-0.39, 0.29) is 0 Å². The van der Waals surface area contributed by atoms with Gasteiger partial charge in [-0.05, 0) is 31.8 Å². The summed E-state index contributed by atoms with van der Waals surface area (Å²) in [5.74, 6) is 0.901. The predicted octanol–water partition coefficient (Wildman–Crippen LogP) is 1.71. The van der Waals surface area contributed by atoms with Crippen molar-refractivity contribution in [2.24, 2.45) is 5.92 Å². The minimum Gasteiger partial charge on any atom is -0.299 e. The van der Waals surface area contributed by atoms with Crippen LogP contribution < -0.4 is 0 Å². The lowest BCUT2D eigenvalue weighted by molar-refractivity contribution is 0.185. The third-order valence-electron chi connectivity index (χ3n) is 2.90. The van der Waals surface area contributed by atoms with Crippen LogP contribution in [0.25, 0.3) is 0 Å². The monoisotopic (exact) mass is 191 g/mol. The van der Waals surface area contributed by atoms with Gasteiger partial charge in [0.1, 0.15) is 6.33 Å². The highest BCUT2D eigenvalue weighted by Crippen LogP contribution is 2.17. The summed E-state index contributed by atoms with van der Waals surface area (Å²) >= 11 is 0. The minimum absolute atomic E-state index is 0.901. The summed E-state index contributed by atoms with van der Waals surface area (Å²) in [5, 5.41) is 0. The smallest absolute Gasteiger partial charge is 0.115 e. The lowest BCUT2D eigenvalue weighted by atomic mass is 9.99. The summed E-state index contributed by atoms with van der Waals surface area (Å²) in [6.45, 7) is 5.78. The zero-order chi connectivity index (χ0) is 9.80. The second-order valence-electron chi connectivity index (χ2n) is 4.21. The number of hydrogen-bond donors (Lipinski definition) is 0. The van der Waals surface area contributed by atoms with Crippen LogP contribution in [0.15, 0.2) is 18.7 Å². The van der Waals surface area contributed by atoms with Crippen LogP contribution in [-0.4, -0.2) is 28.0 Å². The van der Waals surface area contributed by atoms with Gasteiger partial charge < -0.3 is 0 Å². The van der Waals surface area contributed by atoms with Crippen molar-refractivity contribution in [2.75, 3.05) is 13.1 Å². The fourth-order valence-electron chi connectivity index (χ4n) is 1.89. The molecule has 1 aromatic rings. The van der Waals surface area contributed by atoms with E-state index in [1.54, 1.807) is 6.33 Å². The maximum absolute atomic E-state index is 4.03. The average Bonchev–Trinajstić information content (AvgIpc) is 2.23. The van der Waals surface area contributed by atoms with Gasteiger partial charge in [-0.15, -0.1) is 0 Å². The number of hydrogen-bond acceptors (Lipinski definition) is 3. The second kappa shape index (κ2) is 4.51. The zero-order valence-electron chi connectivity index (χ0n) is 8.69. The summed E-state index contributed by atoms with van der Waals surface area (Å²) in [6.07, 6.45) is 8.05. The van der Waals surface area contributed by atoms with E-state index < -0.39 is 0 Å². The van der Waals surface area contributed by atoms with Crippen molar-refractivity contribution >= 4 is 0 Å². The highest BCUT2D eigenvalue weighted by Gasteiger charge is 2.15. The van der Waals surface area contributed by atoms with Crippen molar-refractivity contribution in [3.8, 4) is 0 Å². The van der Waals surface area contributed by atoms with Gasteiger partial charge in [0.25, 0.3) is 0 Å². The van der Waals surface area contributed by atoms with E-state index in [0.29, 0.717) is 0 Å². The predicted molar refractivity (Wildman–Crippen MR) is 55.7 cm³/mol. The van der Waals surface area contributed by atoms with E-state index in [1.807, 2.05) is 12.4 Å². The molecular weight excluding hydrogens is 174 g/mol. The quantitative estimate of drug-likeness (QED) is 0.712. The Labute approximate surface area is 85.2 Å². The molecule has 0 N–H and O–H groups in total. The fourth-order valence-corrected chi connectivity index (χ4v) is 1.89. The van der Waals surface area contributed by atoms with Gasteiger partial charge >= 0.3 is 0 Å². The first kappa shape index (κ1) is 9.59. The van der Waals surface area contributed by atoms with Crippen molar-refractivity contribution in [3.63, 3.8) is 0 Å². The molecule has 0 spiro atoms. The molecule has 1 fully saturated rings. The van der Waals surface area contributed by atoms with Gasteiger partial charge in [-0.1, -0.05) is 6.92 Å². The molecule has 3 heteroatoms. The Bertz CT molecular complexity index is 265. The molecule has 0 atom stereocenters. The zero-order valence-corrected chi connectivity index (χ0v) is 8.69. The van der Waals surface area contributed by atoms with Crippen molar-refractivity contribution in [2.45, 2.75) is 26.3 Å². The number of nitrogens with zero attached hydrogens (tertiary/aromatic N) is 3. The van der Waals surface area contributed by atoms with Crippen LogP contribution in [0.1, 0.15) is 25.3 Å². The lowest BCUT2D eigenvalue weighted by Gasteiger charge is -2.29. The van der Waals surface area contributed by atoms with Crippen molar-refractivity contribution in [3.05, 3.63) is 24.3 Å². The van der Waals surface area contributed by atoms with Gasteiger partial charge in [0.15, 0.2) is 0 Å². The molecule has 0 amide bonds. The van der Waals surface area contributed by atoms with E-state index in [1.165, 1.54) is 31.5 Å². The summed E-state index contributed by atoms with van der Waals surface area (Å²) in [7, 11) is 0. The molecule has 14 heavy (non-hydrogen) atoms. The van der Waals surface area contributed by atoms with Crippen molar-refractivity contribution < 1.29 is 0 Å². The summed E-state index contributed by atoms with van der Waals surface area (Å²) < 4.78 is 0. The van der Waals surface area contributed by atoms with Crippen LogP contribution in [0, 0.1) is 5.92 Å². The second-order valence-corrected chi connectivity index (χ2v) is 4.21. The van der Waals surface area contributed by atoms with Crippen molar-refractivity contribution in [1.29, 1.82) is 0 Å². The SMILES string of the molecule is CC1CCN(Cc2cncnc2)CC1. The molecule has 0 bridgehead atoms. The largest absolute Gasteiger partial charge is 0.299 e. The van der Waals surface area contributed by atoms with Crippen LogP contribution in [0.5, 0.6) is 0 Å². The molecule has 2 rings (SSSR count). The Morgan fingerprint density at radius 2 is 1.93 bits per heavy atom. The van der Waals surface area contributed by atoms with Gasteiger partial charge in [-0.2, -0.15) is 0 Å². The molecule has 0 aliphatic carbocycles. The van der Waals surface area contributed by atoms with E-state index in [4.69, 9.17) is 0 Å². The van der Waals surface area contributed by atoms with Gasteiger partial charge in [0.2, 0.25) is 0 Å². The Kier molecular flexibility index (Phi) is 3.09. The number of aromatic nitrogens is 2. The van der Waals surface area contributed by atoms with E-state index in [0.717, 1.165) is 12.5 Å². The molecule has 3 nitrogen and oxygen atoms in total. The van der Waals surface area contributed by atoms with Crippen LogP contribution in [0.2, 0.25) is 0 Å². The van der Waals surface area contributed by atoms with Gasteiger partial charge in [0.05, 0.1) is 0 Å². The summed E-state index contributed by atoms with van der Waals surface area (Å²) in [6, 6.07) is 0. The Balaban J connectivity index is 1.87. The standard InChI is InChI=1S/C11H17N3/c1-10-2-4-14(5-3-10)8-11-6-12-9-13-7-11/h6-7,9-10H,2-5,8H2,1H3. The third kappa shape index (κ3) is 2.51. The average molecular weight is 191 g/mol. The van der Waals surface area contributed by atoms with Crippen LogP contribution >= 0.6 is 0 Å². The number of rotatable bonds is 2. The minimum atomic E-state index is 0.901. The van der Waals surface area contributed by atoms with E-state index >= 15 is 0 Å². The molecule has 0 unspecified atom stereocenters. The fraction of sp³-hybridized carbons (Fsp3) is 0.636. The Morgan fingerprint density at radius 3 is 2.57 bits per heavy atom. The molecule has 76 valence electrons. The number of piperidine rings is 1. The van der Waals surface area contributed by atoms with Crippen molar-refractivity contribution in [1.82, 2.24) is 14.9 Å². The molecule has 2 heterocycles. The van der Waals surface area contributed by atoms with E-state index in [2.05, 4.69) is 21.8 Å². The first-order valence-electron chi connectivity index (χ1n) is 5.31. The highest BCUT2D eigenvalue weighted by atomic mass is 15.1. The van der Waals surface area contributed by atoms with E-state index in [9.17, 15) is 0 Å². The number of likely N-dealkylation sites (tertiary alicyclic amines) is 1. The van der Waals surface area contributed by atoms with Gasteiger partial charge in [-0.3, -0.25) is 4.90 Å². The molecule has 1 aromatic heterocycles. The molecule has 0 aromatic carbocycles. The maximum Gasteiger partial charge on any atom is 0.115 e. The molecule has 1 aliphatic heterocycles. The normalized spacial score (nSPS) is 19.8. The highest BCUT2D eigenvalue weighted by molar-refractivity contribution is 5.02. The lowest BCUT2D eigenvalue weighted by Crippen LogP contribution is -2.32. The molecule has 0 saturated carbocycles. The Morgan fingerprint density at radius 1 is 1.29 bits per heavy atom. The topological polar surface area (TPSA) is 29.0 Å². The first-order valence-corrected chi connectivity index (χ1v) is 5.31. The Hall–Kier alpha value is -0.960. The third-order valence-corrected chi connectivity index (χ3v) is 2.90. The van der Waals surface area contributed by atoms with Crippen LogP contribution in [0.3, 0.4) is 0 Å². The molecule has 1 saturated heterocycles. The summed E-state index contributed by atoms with van der Waals surface area (Å²) in [4.78, 5) is 10.5. The van der Waals surface area contributed by atoms with Gasteiger partial charge in [-0.25, -0.2) is 9.97 Å². The van der Waals surface area contributed by atoms with Crippen LogP contribution in [-0.2, 0) is 6.54 Å². The first-order chi connectivity index (χ1) is 6.84. The summed E-state index contributed by atoms with van der Waals surface area (Å²) in [5.41, 5.74) is 1.22. The molecule has 0 radical (unpaired) electrons.